The minimum absolute atomic E-state index is 0.467. The summed E-state index contributed by atoms with van der Waals surface area (Å²) in [5.74, 6) is -0.624. The summed E-state index contributed by atoms with van der Waals surface area (Å²) >= 11 is 0. The van der Waals surface area contributed by atoms with Gasteiger partial charge in [0, 0.05) is 0 Å². The van der Waals surface area contributed by atoms with Gasteiger partial charge in [0.1, 0.15) is 0 Å². The molecule has 4 nitrogen and oxygen atoms in total. The molecule has 0 aliphatic carbocycles. The predicted molar refractivity (Wildman–Crippen MR) is 55.5 cm³/mol. The Kier molecular flexibility index (Phi) is 2.53. The Morgan fingerprint density at radius 1 is 1.18 bits per heavy atom. The number of nitrogens with zero attached hydrogens (tertiary/aromatic N) is 3. The van der Waals surface area contributed by atoms with Crippen molar-refractivity contribution in [2.45, 2.75) is 13.1 Å². The third-order valence-corrected chi connectivity index (χ3v) is 2.24. The van der Waals surface area contributed by atoms with Crippen LogP contribution >= 0.6 is 0 Å². The van der Waals surface area contributed by atoms with Gasteiger partial charge >= 0.3 is 6.18 Å². The van der Waals surface area contributed by atoms with E-state index in [-0.39, 0.29) is 0 Å². The number of para-hydroxylation sites is 1. The van der Waals surface area contributed by atoms with Crippen LogP contribution < -0.4 is 5.73 Å². The zero-order chi connectivity index (χ0) is 12.6. The molecule has 1 aromatic heterocycles. The van der Waals surface area contributed by atoms with Gasteiger partial charge in [-0.25, -0.2) is 0 Å². The Hall–Kier alpha value is -2.05. The fourth-order valence-electron chi connectivity index (χ4n) is 1.42. The lowest BCUT2D eigenvalue weighted by atomic mass is 10.2. The molecule has 2 N–H and O–H groups in total. The number of benzene rings is 1. The molecule has 0 spiro atoms. The van der Waals surface area contributed by atoms with Crippen molar-refractivity contribution >= 4 is 5.82 Å². The number of nitrogens with two attached hydrogens (primary N) is 1. The lowest BCUT2D eigenvalue weighted by Gasteiger charge is -2.03. The smallest absolute Gasteiger partial charge is 0.380 e. The van der Waals surface area contributed by atoms with Gasteiger partial charge in [-0.15, -0.1) is 15.0 Å². The second-order valence-electron chi connectivity index (χ2n) is 3.51. The molecule has 0 radical (unpaired) electrons. The number of nitrogen functional groups attached to an aromatic ring is 1. The quantitative estimate of drug-likeness (QED) is 0.833. The Labute approximate surface area is 94.9 Å². The first kappa shape index (κ1) is 11.4. The summed E-state index contributed by atoms with van der Waals surface area (Å²) in [6.07, 6.45) is -4.59. The van der Waals surface area contributed by atoms with E-state index < -0.39 is 17.7 Å². The molecule has 0 bridgehead atoms. The van der Waals surface area contributed by atoms with Crippen LogP contribution in [0, 0.1) is 6.92 Å². The van der Waals surface area contributed by atoms with Crippen LogP contribution in [0.15, 0.2) is 24.3 Å². The van der Waals surface area contributed by atoms with E-state index >= 15 is 0 Å². The molecule has 7 heteroatoms. The molecule has 2 aromatic rings. The molecule has 0 amide bonds. The van der Waals surface area contributed by atoms with Gasteiger partial charge in [-0.1, -0.05) is 18.2 Å². The Balaban J connectivity index is 2.53. The van der Waals surface area contributed by atoms with Crippen LogP contribution in [0.3, 0.4) is 0 Å². The second kappa shape index (κ2) is 3.76. The highest BCUT2D eigenvalue weighted by atomic mass is 19.4. The summed E-state index contributed by atoms with van der Waals surface area (Å²) in [6.45, 7) is 1.75. The number of anilines is 1. The van der Waals surface area contributed by atoms with Crippen molar-refractivity contribution in [3.63, 3.8) is 0 Å². The predicted octanol–water partition coefficient (Wildman–Crippen LogP) is 2.18. The van der Waals surface area contributed by atoms with Crippen molar-refractivity contribution in [3.8, 4) is 5.69 Å². The summed E-state index contributed by atoms with van der Waals surface area (Å²) < 4.78 is 37.4. The first-order valence-corrected chi connectivity index (χ1v) is 4.75. The van der Waals surface area contributed by atoms with Crippen LogP contribution in [0.5, 0.6) is 0 Å². The van der Waals surface area contributed by atoms with Crippen molar-refractivity contribution in [3.05, 3.63) is 35.5 Å². The average Bonchev–Trinajstić information content (AvgIpc) is 2.60. The van der Waals surface area contributed by atoms with E-state index in [1.54, 1.807) is 31.2 Å². The van der Waals surface area contributed by atoms with Crippen LogP contribution in [-0.4, -0.2) is 15.0 Å². The zero-order valence-corrected chi connectivity index (χ0v) is 8.86. The minimum atomic E-state index is -4.59. The van der Waals surface area contributed by atoms with E-state index in [1.165, 1.54) is 0 Å². The van der Waals surface area contributed by atoms with Gasteiger partial charge in [-0.05, 0) is 18.6 Å². The number of aryl methyl sites for hydroxylation is 1. The highest BCUT2D eigenvalue weighted by Crippen LogP contribution is 2.31. The summed E-state index contributed by atoms with van der Waals surface area (Å²) in [7, 11) is 0. The maximum absolute atomic E-state index is 12.5. The molecule has 0 aliphatic rings. The summed E-state index contributed by atoms with van der Waals surface area (Å²) in [5.41, 5.74) is 5.26. The largest absolute Gasteiger partial charge is 0.438 e. The molecule has 1 aromatic carbocycles. The van der Waals surface area contributed by atoms with Crippen molar-refractivity contribution in [2.75, 3.05) is 5.73 Å². The number of hydrogen-bond donors (Lipinski definition) is 1. The Morgan fingerprint density at radius 3 is 2.35 bits per heavy atom. The molecular formula is C10H9F3N4. The molecule has 1 heterocycles. The third kappa shape index (κ3) is 2.08. The van der Waals surface area contributed by atoms with Gasteiger partial charge in [0.15, 0.2) is 5.82 Å². The lowest BCUT2D eigenvalue weighted by Crippen LogP contribution is -2.09. The van der Waals surface area contributed by atoms with E-state index in [4.69, 9.17) is 5.73 Å². The highest BCUT2D eigenvalue weighted by Gasteiger charge is 2.37. The molecule has 0 unspecified atom stereocenters. The maximum Gasteiger partial charge on any atom is 0.438 e. The number of rotatable bonds is 1. The van der Waals surface area contributed by atoms with Crippen molar-refractivity contribution in [1.82, 2.24) is 15.0 Å². The van der Waals surface area contributed by atoms with Crippen LogP contribution in [0.25, 0.3) is 5.69 Å². The molecule has 0 fully saturated rings. The molecule has 0 atom stereocenters. The molecule has 0 aliphatic heterocycles. The van der Waals surface area contributed by atoms with Gasteiger partial charge in [-0.2, -0.15) is 13.2 Å². The number of alkyl halides is 3. The van der Waals surface area contributed by atoms with Gasteiger partial charge in [0.25, 0.3) is 0 Å². The van der Waals surface area contributed by atoms with Crippen LogP contribution in [0.1, 0.15) is 11.3 Å². The summed E-state index contributed by atoms with van der Waals surface area (Å²) in [5, 5.41) is 6.94. The van der Waals surface area contributed by atoms with Gasteiger partial charge in [0.05, 0.1) is 5.69 Å². The maximum atomic E-state index is 12.5. The van der Waals surface area contributed by atoms with E-state index in [2.05, 4.69) is 10.2 Å². The molecule has 0 saturated heterocycles. The van der Waals surface area contributed by atoms with Gasteiger partial charge in [0.2, 0.25) is 5.69 Å². The van der Waals surface area contributed by atoms with E-state index in [0.717, 1.165) is 10.4 Å². The van der Waals surface area contributed by atoms with E-state index in [0.29, 0.717) is 5.69 Å². The summed E-state index contributed by atoms with van der Waals surface area (Å²) in [6, 6.07) is 6.84. The lowest BCUT2D eigenvalue weighted by molar-refractivity contribution is -0.140. The molecule has 0 saturated carbocycles. The fraction of sp³-hybridized carbons (Fsp3) is 0.200. The number of aromatic nitrogens is 3. The highest BCUT2D eigenvalue weighted by molar-refractivity contribution is 5.41. The molecule has 17 heavy (non-hydrogen) atoms. The molecule has 2 rings (SSSR count). The Morgan fingerprint density at radius 2 is 1.82 bits per heavy atom. The van der Waals surface area contributed by atoms with Crippen molar-refractivity contribution < 1.29 is 13.2 Å². The van der Waals surface area contributed by atoms with Gasteiger partial charge < -0.3 is 5.73 Å². The fourth-order valence-corrected chi connectivity index (χ4v) is 1.42. The molecular weight excluding hydrogens is 233 g/mol. The zero-order valence-electron chi connectivity index (χ0n) is 8.86. The SMILES string of the molecule is Cc1ccccc1-n1nc(N)c(C(F)(F)F)n1. The first-order valence-electron chi connectivity index (χ1n) is 4.75. The number of hydrogen-bond acceptors (Lipinski definition) is 3. The average molecular weight is 242 g/mol. The van der Waals surface area contributed by atoms with Gasteiger partial charge in [-0.3, -0.25) is 0 Å². The van der Waals surface area contributed by atoms with Crippen molar-refractivity contribution in [1.29, 1.82) is 0 Å². The van der Waals surface area contributed by atoms with E-state index in [1.807, 2.05) is 0 Å². The normalized spacial score (nSPS) is 11.8. The van der Waals surface area contributed by atoms with Crippen LogP contribution in [0.4, 0.5) is 19.0 Å². The summed E-state index contributed by atoms with van der Waals surface area (Å²) in [4.78, 5) is 0.896. The molecule has 90 valence electrons. The van der Waals surface area contributed by atoms with Crippen LogP contribution in [-0.2, 0) is 6.18 Å². The standard InChI is InChI=1S/C10H9F3N4/c1-6-4-2-3-5-7(6)17-15-8(9(14)16-17)10(11,12)13/h2-5H,1H3,(H2,14,16). The second-order valence-corrected chi connectivity index (χ2v) is 3.51. The first-order chi connectivity index (χ1) is 7.89. The van der Waals surface area contributed by atoms with Crippen molar-refractivity contribution in [2.24, 2.45) is 0 Å². The topological polar surface area (TPSA) is 56.7 Å². The monoisotopic (exact) mass is 242 g/mol. The third-order valence-electron chi connectivity index (χ3n) is 2.24. The number of halogens is 3. The van der Waals surface area contributed by atoms with E-state index in [9.17, 15) is 13.2 Å². The Bertz CT molecular complexity index is 545. The van der Waals surface area contributed by atoms with Crippen LogP contribution in [0.2, 0.25) is 0 Å². The minimum Gasteiger partial charge on any atom is -0.380 e.